The predicted octanol–water partition coefficient (Wildman–Crippen LogP) is 4.41. The molecule has 31 heavy (non-hydrogen) atoms. The highest BCUT2D eigenvalue weighted by atomic mass is 35.5. The lowest BCUT2D eigenvalue weighted by Crippen LogP contribution is -2.31. The molecule has 5 rings (SSSR count). The number of nitrogens with one attached hydrogen (secondary N) is 1. The van der Waals surface area contributed by atoms with Gasteiger partial charge in [0.2, 0.25) is 5.91 Å². The molecule has 7 nitrogen and oxygen atoms in total. The summed E-state index contributed by atoms with van der Waals surface area (Å²) in [6.45, 7) is -0.227. The van der Waals surface area contributed by atoms with Gasteiger partial charge in [-0.2, -0.15) is 10.2 Å². The Balaban J connectivity index is 1.54. The van der Waals surface area contributed by atoms with E-state index in [4.69, 9.17) is 23.2 Å². The summed E-state index contributed by atoms with van der Waals surface area (Å²) in [5.41, 5.74) is 2.12. The summed E-state index contributed by atoms with van der Waals surface area (Å²) in [6, 6.07) is 14.2. The Morgan fingerprint density at radius 3 is 2.58 bits per heavy atom. The van der Waals surface area contributed by atoms with Gasteiger partial charge in [-0.05, 0) is 43.2 Å². The lowest BCUT2D eigenvalue weighted by molar-refractivity contribution is -0.117. The second-order valence-electron chi connectivity index (χ2n) is 7.45. The van der Waals surface area contributed by atoms with Crippen molar-refractivity contribution >= 4 is 45.7 Å². The number of aromatic nitrogens is 4. The van der Waals surface area contributed by atoms with Crippen LogP contribution in [0.4, 0.5) is 5.69 Å². The molecular formula is C22H17Cl2N5O2. The quantitative estimate of drug-likeness (QED) is 0.485. The zero-order valence-electron chi connectivity index (χ0n) is 16.3. The van der Waals surface area contributed by atoms with Gasteiger partial charge in [0.05, 0.1) is 27.6 Å². The molecule has 0 unspecified atom stereocenters. The monoisotopic (exact) mass is 453 g/mol. The summed E-state index contributed by atoms with van der Waals surface area (Å²) in [4.78, 5) is 25.9. The first-order valence-electron chi connectivity index (χ1n) is 9.80. The van der Waals surface area contributed by atoms with Crippen molar-refractivity contribution in [2.75, 3.05) is 5.32 Å². The van der Waals surface area contributed by atoms with Crippen LogP contribution in [-0.4, -0.2) is 25.5 Å². The Hall–Kier alpha value is -3.16. The van der Waals surface area contributed by atoms with Crippen LogP contribution in [-0.2, 0) is 11.3 Å². The molecule has 0 spiro atoms. The highest BCUT2D eigenvalue weighted by Crippen LogP contribution is 2.41. The Bertz CT molecular complexity index is 1360. The van der Waals surface area contributed by atoms with E-state index in [1.807, 2.05) is 30.3 Å². The first-order chi connectivity index (χ1) is 15.0. The maximum absolute atomic E-state index is 13.3. The van der Waals surface area contributed by atoms with Crippen LogP contribution in [0, 0.1) is 0 Å². The Labute approximate surface area is 187 Å². The van der Waals surface area contributed by atoms with E-state index in [0.29, 0.717) is 21.2 Å². The molecule has 2 aromatic heterocycles. The minimum atomic E-state index is -0.389. The van der Waals surface area contributed by atoms with E-state index in [2.05, 4.69) is 15.5 Å². The zero-order chi connectivity index (χ0) is 21.5. The van der Waals surface area contributed by atoms with Crippen molar-refractivity contribution in [2.24, 2.45) is 0 Å². The molecule has 1 amide bonds. The summed E-state index contributed by atoms with van der Waals surface area (Å²) in [7, 11) is 0. The molecule has 1 aliphatic rings. The van der Waals surface area contributed by atoms with Gasteiger partial charge in [-0.1, -0.05) is 41.4 Å². The van der Waals surface area contributed by atoms with E-state index >= 15 is 0 Å². The second-order valence-corrected chi connectivity index (χ2v) is 8.27. The molecule has 0 radical (unpaired) electrons. The van der Waals surface area contributed by atoms with Crippen molar-refractivity contribution in [3.8, 4) is 5.69 Å². The molecule has 0 saturated heterocycles. The Morgan fingerprint density at radius 1 is 1.10 bits per heavy atom. The number of fused-ring (bicyclic) bond motifs is 1. The van der Waals surface area contributed by atoms with Crippen LogP contribution < -0.4 is 10.9 Å². The fourth-order valence-corrected chi connectivity index (χ4v) is 3.83. The van der Waals surface area contributed by atoms with Gasteiger partial charge in [-0.15, -0.1) is 0 Å². The molecule has 2 heterocycles. The Morgan fingerprint density at radius 2 is 1.87 bits per heavy atom. The van der Waals surface area contributed by atoms with Crippen molar-refractivity contribution in [1.29, 1.82) is 0 Å². The molecule has 9 heteroatoms. The van der Waals surface area contributed by atoms with Gasteiger partial charge in [0, 0.05) is 17.0 Å². The highest BCUT2D eigenvalue weighted by molar-refractivity contribution is 6.42. The van der Waals surface area contributed by atoms with Crippen LogP contribution in [0.3, 0.4) is 0 Å². The molecule has 0 aliphatic heterocycles. The van der Waals surface area contributed by atoms with E-state index in [1.165, 1.54) is 4.68 Å². The van der Waals surface area contributed by atoms with Gasteiger partial charge in [0.15, 0.2) is 0 Å². The minimum absolute atomic E-state index is 0.227. The lowest BCUT2D eigenvalue weighted by atomic mass is 10.2. The van der Waals surface area contributed by atoms with E-state index in [9.17, 15) is 9.59 Å². The maximum Gasteiger partial charge on any atom is 0.293 e. The summed E-state index contributed by atoms with van der Waals surface area (Å²) in [5.74, 6) is -0.110. The summed E-state index contributed by atoms with van der Waals surface area (Å²) < 4.78 is 2.82. The molecule has 1 saturated carbocycles. The molecule has 156 valence electrons. The number of nitrogens with zero attached hydrogens (tertiary/aromatic N) is 4. The number of hydrogen-bond acceptors (Lipinski definition) is 4. The van der Waals surface area contributed by atoms with E-state index < -0.39 is 0 Å². The van der Waals surface area contributed by atoms with E-state index in [1.54, 1.807) is 29.1 Å². The van der Waals surface area contributed by atoms with Crippen molar-refractivity contribution in [3.05, 3.63) is 80.8 Å². The normalized spacial score (nSPS) is 13.5. The number of para-hydroxylation sites is 1. The van der Waals surface area contributed by atoms with Gasteiger partial charge in [0.25, 0.3) is 5.56 Å². The second kappa shape index (κ2) is 7.83. The fraction of sp³-hybridized carbons (Fsp3) is 0.182. The van der Waals surface area contributed by atoms with Crippen molar-refractivity contribution in [1.82, 2.24) is 19.6 Å². The van der Waals surface area contributed by atoms with Crippen LogP contribution in [0.2, 0.25) is 10.0 Å². The average Bonchev–Trinajstić information content (AvgIpc) is 3.51. The van der Waals surface area contributed by atoms with Crippen molar-refractivity contribution in [3.63, 3.8) is 0 Å². The molecule has 1 aliphatic carbocycles. The summed E-state index contributed by atoms with van der Waals surface area (Å²) in [5, 5.41) is 13.2. The van der Waals surface area contributed by atoms with E-state index in [-0.39, 0.29) is 23.9 Å². The third-order valence-electron chi connectivity index (χ3n) is 5.17. The van der Waals surface area contributed by atoms with Gasteiger partial charge < -0.3 is 5.32 Å². The third-order valence-corrected chi connectivity index (χ3v) is 5.91. The molecule has 1 fully saturated rings. The number of benzene rings is 2. The Kier molecular flexibility index (Phi) is 5.00. The topological polar surface area (TPSA) is 81.8 Å². The fourth-order valence-electron chi connectivity index (χ4n) is 3.53. The van der Waals surface area contributed by atoms with Crippen LogP contribution >= 0.6 is 23.2 Å². The number of halogens is 2. The van der Waals surface area contributed by atoms with Gasteiger partial charge in [-0.25, -0.2) is 9.36 Å². The van der Waals surface area contributed by atoms with Crippen LogP contribution in [0.1, 0.15) is 24.5 Å². The molecular weight excluding hydrogens is 437 g/mol. The van der Waals surface area contributed by atoms with E-state index in [0.717, 1.165) is 29.6 Å². The van der Waals surface area contributed by atoms with Crippen LogP contribution in [0.15, 0.2) is 59.5 Å². The number of rotatable bonds is 5. The number of carbonyl (C=O) groups is 1. The third kappa shape index (κ3) is 3.82. The van der Waals surface area contributed by atoms with Crippen LogP contribution in [0.5, 0.6) is 0 Å². The van der Waals surface area contributed by atoms with Crippen molar-refractivity contribution < 1.29 is 4.79 Å². The average molecular weight is 454 g/mol. The van der Waals surface area contributed by atoms with Gasteiger partial charge >= 0.3 is 0 Å². The minimum Gasteiger partial charge on any atom is -0.324 e. The molecule has 1 N–H and O–H groups in total. The highest BCUT2D eigenvalue weighted by Gasteiger charge is 2.30. The number of carbonyl (C=O) groups excluding carboxylic acids is 1. The number of amides is 1. The largest absolute Gasteiger partial charge is 0.324 e. The van der Waals surface area contributed by atoms with Crippen LogP contribution in [0.25, 0.3) is 16.6 Å². The molecule has 0 bridgehead atoms. The number of hydrogen-bond donors (Lipinski definition) is 1. The number of anilines is 1. The predicted molar refractivity (Wildman–Crippen MR) is 120 cm³/mol. The summed E-state index contributed by atoms with van der Waals surface area (Å²) in [6.07, 6.45) is 3.70. The van der Waals surface area contributed by atoms with Gasteiger partial charge in [0.1, 0.15) is 12.1 Å². The lowest BCUT2D eigenvalue weighted by Gasteiger charge is -2.11. The zero-order valence-corrected chi connectivity index (χ0v) is 17.8. The first-order valence-corrected chi connectivity index (χ1v) is 10.6. The SMILES string of the molecule is O=C(Cn1nc(C2CC2)c2cnn(-c3ccccc3)c2c1=O)Nc1ccc(Cl)c(Cl)c1. The van der Waals surface area contributed by atoms with Gasteiger partial charge in [-0.3, -0.25) is 9.59 Å². The molecule has 4 aromatic rings. The summed E-state index contributed by atoms with van der Waals surface area (Å²) >= 11 is 11.9. The molecule has 0 atom stereocenters. The standard InChI is InChI=1S/C22H17Cl2N5O2/c23-17-9-8-14(10-18(17)24)26-19(30)12-28-22(31)21-16(20(27-28)13-6-7-13)11-25-29(21)15-4-2-1-3-5-15/h1-5,8-11,13H,6-7,12H2,(H,26,30). The molecule has 2 aromatic carbocycles. The first kappa shape index (κ1) is 19.8. The smallest absolute Gasteiger partial charge is 0.293 e. The maximum atomic E-state index is 13.3. The van der Waals surface area contributed by atoms with Crippen molar-refractivity contribution in [2.45, 2.75) is 25.3 Å².